The van der Waals surface area contributed by atoms with Crippen LogP contribution in [0.3, 0.4) is 0 Å². The first-order valence-corrected chi connectivity index (χ1v) is 12.9. The Hall–Kier alpha value is -2.90. The number of hydrogen-bond acceptors (Lipinski definition) is 5. The minimum atomic E-state index is -0.0230. The van der Waals surface area contributed by atoms with Gasteiger partial charge in [0.05, 0.1) is 22.4 Å². The molecule has 1 aromatic heterocycles. The van der Waals surface area contributed by atoms with Crippen LogP contribution in [0.15, 0.2) is 65.7 Å². The van der Waals surface area contributed by atoms with Gasteiger partial charge in [0.25, 0.3) is 5.91 Å². The molecule has 1 saturated heterocycles. The Morgan fingerprint density at radius 3 is 2.50 bits per heavy atom. The molecule has 0 saturated carbocycles. The largest absolute Gasteiger partial charge is 0.491 e. The third-order valence-corrected chi connectivity index (χ3v) is 6.79. The lowest BCUT2D eigenvalue weighted by Gasteiger charge is -2.13. The van der Waals surface area contributed by atoms with Crippen LogP contribution >= 0.6 is 24.0 Å². The SMILES string of the molecule is CCCCCN1C(=O)C(=Cc2cn(-c3ccccc3)nc2-c2ccc(OC(C)C)cc2)SC1=S. The molecule has 4 rings (SSSR count). The predicted molar refractivity (Wildman–Crippen MR) is 144 cm³/mol. The van der Waals surface area contributed by atoms with Gasteiger partial charge in [-0.2, -0.15) is 5.10 Å². The summed E-state index contributed by atoms with van der Waals surface area (Å²) in [5.41, 5.74) is 3.58. The molecule has 176 valence electrons. The normalized spacial score (nSPS) is 15.1. The minimum Gasteiger partial charge on any atom is -0.491 e. The lowest BCUT2D eigenvalue weighted by molar-refractivity contribution is -0.122. The van der Waals surface area contributed by atoms with Crippen LogP contribution in [0.5, 0.6) is 5.75 Å². The fraction of sp³-hybridized carbons (Fsp3) is 0.296. The van der Waals surface area contributed by atoms with E-state index in [1.54, 1.807) is 4.90 Å². The van der Waals surface area contributed by atoms with Crippen LogP contribution in [0.4, 0.5) is 0 Å². The smallest absolute Gasteiger partial charge is 0.266 e. The summed E-state index contributed by atoms with van der Waals surface area (Å²) in [5.74, 6) is 0.793. The van der Waals surface area contributed by atoms with E-state index in [0.29, 0.717) is 15.8 Å². The molecule has 0 aliphatic carbocycles. The van der Waals surface area contributed by atoms with Crippen molar-refractivity contribution in [1.29, 1.82) is 0 Å². The fourth-order valence-corrected chi connectivity index (χ4v) is 5.05. The number of nitrogens with zero attached hydrogens (tertiary/aromatic N) is 3. The number of carbonyl (C=O) groups excluding carboxylic acids is 1. The van der Waals surface area contributed by atoms with E-state index in [1.807, 2.05) is 85.4 Å². The quantitative estimate of drug-likeness (QED) is 0.189. The van der Waals surface area contributed by atoms with Crippen molar-refractivity contribution in [1.82, 2.24) is 14.7 Å². The van der Waals surface area contributed by atoms with Crippen molar-refractivity contribution in [2.75, 3.05) is 6.54 Å². The molecule has 0 unspecified atom stereocenters. The van der Waals surface area contributed by atoms with E-state index in [1.165, 1.54) is 11.8 Å². The monoisotopic (exact) mass is 491 g/mol. The van der Waals surface area contributed by atoms with Crippen LogP contribution in [0.1, 0.15) is 45.6 Å². The van der Waals surface area contributed by atoms with E-state index in [9.17, 15) is 4.79 Å². The Labute approximate surface area is 210 Å². The van der Waals surface area contributed by atoms with Crippen LogP contribution in [0.25, 0.3) is 23.0 Å². The molecular weight excluding hydrogens is 462 g/mol. The van der Waals surface area contributed by atoms with E-state index in [-0.39, 0.29) is 12.0 Å². The number of thiocarbonyl (C=S) groups is 1. The van der Waals surface area contributed by atoms with Gasteiger partial charge >= 0.3 is 0 Å². The zero-order chi connectivity index (χ0) is 24.1. The van der Waals surface area contributed by atoms with Crippen molar-refractivity contribution in [2.45, 2.75) is 46.1 Å². The topological polar surface area (TPSA) is 47.4 Å². The molecule has 0 N–H and O–H groups in total. The highest BCUT2D eigenvalue weighted by molar-refractivity contribution is 8.26. The number of unbranched alkanes of at least 4 members (excludes halogenated alkanes) is 2. The van der Waals surface area contributed by atoms with Gasteiger partial charge in [-0.3, -0.25) is 9.69 Å². The second-order valence-electron chi connectivity index (χ2n) is 8.44. The molecule has 2 heterocycles. The van der Waals surface area contributed by atoms with Gasteiger partial charge in [0.2, 0.25) is 0 Å². The van der Waals surface area contributed by atoms with Gasteiger partial charge in [-0.25, -0.2) is 4.68 Å². The van der Waals surface area contributed by atoms with Gasteiger partial charge in [-0.1, -0.05) is 61.9 Å². The number of para-hydroxylation sites is 1. The zero-order valence-electron chi connectivity index (χ0n) is 19.7. The standard InChI is InChI=1S/C27H29N3O2S2/c1-4-5-9-16-29-26(31)24(34-27(29)33)17-21-18-30(22-10-7-6-8-11-22)28-25(21)20-12-14-23(15-13-20)32-19(2)3/h6-8,10-15,17-19H,4-5,9,16H2,1-3H3. The van der Waals surface area contributed by atoms with Crippen LogP contribution in [0.2, 0.25) is 0 Å². The third-order valence-electron chi connectivity index (χ3n) is 5.41. The number of aromatic nitrogens is 2. The van der Waals surface area contributed by atoms with E-state index in [4.69, 9.17) is 22.1 Å². The average molecular weight is 492 g/mol. The zero-order valence-corrected chi connectivity index (χ0v) is 21.4. The van der Waals surface area contributed by atoms with Crippen molar-refractivity contribution in [3.63, 3.8) is 0 Å². The molecule has 0 atom stereocenters. The number of rotatable bonds is 9. The lowest BCUT2D eigenvalue weighted by atomic mass is 10.1. The molecule has 1 aliphatic heterocycles. The minimum absolute atomic E-state index is 0.0230. The summed E-state index contributed by atoms with van der Waals surface area (Å²) in [7, 11) is 0. The number of ether oxygens (including phenoxy) is 1. The van der Waals surface area contributed by atoms with Gasteiger partial charge in [0.15, 0.2) is 0 Å². The Morgan fingerprint density at radius 2 is 1.82 bits per heavy atom. The number of carbonyl (C=O) groups is 1. The van der Waals surface area contributed by atoms with Crippen molar-refractivity contribution in [2.24, 2.45) is 0 Å². The highest BCUT2D eigenvalue weighted by Crippen LogP contribution is 2.35. The molecule has 0 spiro atoms. The van der Waals surface area contributed by atoms with E-state index >= 15 is 0 Å². The van der Waals surface area contributed by atoms with Crippen LogP contribution in [-0.2, 0) is 4.79 Å². The maximum atomic E-state index is 13.1. The maximum Gasteiger partial charge on any atom is 0.266 e. The molecule has 1 amide bonds. The van der Waals surface area contributed by atoms with Crippen LogP contribution in [-0.4, -0.2) is 37.6 Å². The third kappa shape index (κ3) is 5.59. The first-order chi connectivity index (χ1) is 16.5. The molecule has 3 aromatic rings. The van der Waals surface area contributed by atoms with Gasteiger partial charge in [-0.15, -0.1) is 0 Å². The lowest BCUT2D eigenvalue weighted by Crippen LogP contribution is -2.28. The summed E-state index contributed by atoms with van der Waals surface area (Å²) in [6.45, 7) is 6.83. The van der Waals surface area contributed by atoms with E-state index < -0.39 is 0 Å². The number of benzene rings is 2. The molecule has 34 heavy (non-hydrogen) atoms. The molecular formula is C27H29N3O2S2. The number of amides is 1. The summed E-state index contributed by atoms with van der Waals surface area (Å²) in [6, 6.07) is 17.9. The molecule has 0 bridgehead atoms. The Morgan fingerprint density at radius 1 is 1.09 bits per heavy atom. The van der Waals surface area contributed by atoms with Gasteiger partial charge in [0.1, 0.15) is 10.1 Å². The summed E-state index contributed by atoms with van der Waals surface area (Å²) >= 11 is 6.87. The van der Waals surface area contributed by atoms with E-state index in [0.717, 1.165) is 47.5 Å². The summed E-state index contributed by atoms with van der Waals surface area (Å²) < 4.78 is 8.26. The van der Waals surface area contributed by atoms with Crippen molar-refractivity contribution in [3.05, 3.63) is 71.3 Å². The predicted octanol–water partition coefficient (Wildman–Crippen LogP) is 6.72. The summed E-state index contributed by atoms with van der Waals surface area (Å²) in [6.07, 6.45) is 7.14. The summed E-state index contributed by atoms with van der Waals surface area (Å²) in [4.78, 5) is 15.4. The molecule has 0 radical (unpaired) electrons. The van der Waals surface area contributed by atoms with Crippen LogP contribution < -0.4 is 4.74 Å². The van der Waals surface area contributed by atoms with Crippen molar-refractivity contribution >= 4 is 40.3 Å². The van der Waals surface area contributed by atoms with Crippen LogP contribution in [0, 0.1) is 0 Å². The maximum absolute atomic E-state index is 13.1. The number of hydrogen-bond donors (Lipinski definition) is 0. The van der Waals surface area contributed by atoms with Crippen molar-refractivity contribution in [3.8, 4) is 22.7 Å². The summed E-state index contributed by atoms with van der Waals surface area (Å²) in [5, 5.41) is 4.87. The highest BCUT2D eigenvalue weighted by Gasteiger charge is 2.32. The van der Waals surface area contributed by atoms with Gasteiger partial charge < -0.3 is 4.74 Å². The van der Waals surface area contributed by atoms with E-state index in [2.05, 4.69) is 6.92 Å². The molecule has 2 aromatic carbocycles. The second-order valence-corrected chi connectivity index (χ2v) is 10.1. The Balaban J connectivity index is 1.69. The van der Waals surface area contributed by atoms with Crippen molar-refractivity contribution < 1.29 is 9.53 Å². The molecule has 7 heteroatoms. The fourth-order valence-electron chi connectivity index (χ4n) is 3.75. The molecule has 5 nitrogen and oxygen atoms in total. The number of thioether (sulfide) groups is 1. The highest BCUT2D eigenvalue weighted by atomic mass is 32.2. The average Bonchev–Trinajstić information content (AvgIpc) is 3.36. The first-order valence-electron chi connectivity index (χ1n) is 11.6. The first kappa shape index (κ1) is 24.2. The van der Waals surface area contributed by atoms with Gasteiger partial charge in [0, 0.05) is 23.9 Å². The Bertz CT molecular complexity index is 1180. The van der Waals surface area contributed by atoms with Gasteiger partial charge in [-0.05, 0) is 62.7 Å². The second kappa shape index (κ2) is 11.0. The Kier molecular flexibility index (Phi) is 7.85. The molecule has 1 fully saturated rings. The molecule has 1 aliphatic rings.